The van der Waals surface area contributed by atoms with Gasteiger partial charge >= 0.3 is 0 Å². The average molecular weight is 305 g/mol. The number of rotatable bonds is 6. The molecule has 2 fully saturated rings. The van der Waals surface area contributed by atoms with Crippen LogP contribution in [0.1, 0.15) is 29.6 Å². The fourth-order valence-electron chi connectivity index (χ4n) is 2.82. The van der Waals surface area contributed by atoms with Gasteiger partial charge in [0.05, 0.1) is 25.4 Å². The minimum Gasteiger partial charge on any atom is -0.493 e. The van der Waals surface area contributed by atoms with Crippen LogP contribution in [-0.4, -0.2) is 54.9 Å². The van der Waals surface area contributed by atoms with Gasteiger partial charge in [0.2, 0.25) is 0 Å². The molecule has 120 valence electrons. The Balaban J connectivity index is 1.63. The van der Waals surface area contributed by atoms with Gasteiger partial charge in [0, 0.05) is 19.2 Å². The van der Waals surface area contributed by atoms with Gasteiger partial charge in [-0.05, 0) is 49.4 Å². The highest BCUT2D eigenvalue weighted by Gasteiger charge is 2.35. The van der Waals surface area contributed by atoms with E-state index < -0.39 is 0 Å². The van der Waals surface area contributed by atoms with Crippen molar-refractivity contribution in [1.29, 1.82) is 0 Å². The Morgan fingerprint density at radius 1 is 1.32 bits per heavy atom. The number of benzene rings is 1. The number of carbonyl (C=O) groups is 1. The highest BCUT2D eigenvalue weighted by molar-refractivity contribution is 5.94. The summed E-state index contributed by atoms with van der Waals surface area (Å²) in [5, 5.41) is 9.45. The maximum absolute atomic E-state index is 12.6. The molecule has 5 heteroatoms. The predicted octanol–water partition coefficient (Wildman–Crippen LogP) is 1.70. The number of aliphatic hydroxyl groups is 1. The van der Waals surface area contributed by atoms with E-state index in [2.05, 4.69) is 0 Å². The van der Waals surface area contributed by atoms with E-state index in [4.69, 9.17) is 9.47 Å². The molecule has 2 aliphatic rings. The Labute approximate surface area is 130 Å². The maximum atomic E-state index is 12.6. The Kier molecular flexibility index (Phi) is 4.64. The van der Waals surface area contributed by atoms with E-state index in [1.54, 1.807) is 24.1 Å². The zero-order valence-electron chi connectivity index (χ0n) is 12.9. The monoisotopic (exact) mass is 305 g/mol. The molecule has 1 saturated heterocycles. The van der Waals surface area contributed by atoms with E-state index in [1.165, 1.54) is 12.8 Å². The van der Waals surface area contributed by atoms with Crippen LogP contribution in [0.2, 0.25) is 0 Å². The number of aliphatic hydroxyl groups excluding tert-OH is 1. The van der Waals surface area contributed by atoms with Gasteiger partial charge < -0.3 is 19.5 Å². The van der Waals surface area contributed by atoms with Crippen molar-refractivity contribution in [3.8, 4) is 5.75 Å². The summed E-state index contributed by atoms with van der Waals surface area (Å²) in [6.45, 7) is 1.26. The van der Waals surface area contributed by atoms with Crippen LogP contribution < -0.4 is 4.74 Å². The van der Waals surface area contributed by atoms with E-state index >= 15 is 0 Å². The third-order valence-electron chi connectivity index (χ3n) is 4.46. The van der Waals surface area contributed by atoms with E-state index in [0.29, 0.717) is 24.4 Å². The van der Waals surface area contributed by atoms with Gasteiger partial charge in [0.1, 0.15) is 5.75 Å². The molecule has 3 rings (SSSR count). The first-order valence-corrected chi connectivity index (χ1v) is 7.88. The third-order valence-corrected chi connectivity index (χ3v) is 4.46. The molecule has 0 spiro atoms. The molecule has 0 unspecified atom stereocenters. The van der Waals surface area contributed by atoms with Crippen molar-refractivity contribution >= 4 is 5.91 Å². The Hall–Kier alpha value is -1.59. The van der Waals surface area contributed by atoms with Crippen molar-refractivity contribution < 1.29 is 19.4 Å². The zero-order valence-corrected chi connectivity index (χ0v) is 12.9. The van der Waals surface area contributed by atoms with E-state index in [-0.39, 0.29) is 24.7 Å². The number of hydrogen-bond acceptors (Lipinski definition) is 4. The van der Waals surface area contributed by atoms with Gasteiger partial charge in [-0.2, -0.15) is 0 Å². The number of likely N-dealkylation sites (tertiary alicyclic amines) is 1. The second kappa shape index (κ2) is 6.67. The van der Waals surface area contributed by atoms with Gasteiger partial charge in [-0.1, -0.05) is 0 Å². The molecule has 1 aliphatic heterocycles. The van der Waals surface area contributed by atoms with Crippen LogP contribution in [-0.2, 0) is 4.74 Å². The minimum atomic E-state index is -0.164. The number of hydrogen-bond donors (Lipinski definition) is 1. The Morgan fingerprint density at radius 3 is 2.64 bits per heavy atom. The number of ether oxygens (including phenoxy) is 2. The van der Waals surface area contributed by atoms with Crippen LogP contribution in [0.15, 0.2) is 24.3 Å². The zero-order chi connectivity index (χ0) is 15.5. The molecule has 2 atom stereocenters. The molecule has 1 saturated carbocycles. The lowest BCUT2D eigenvalue weighted by atomic mass is 10.1. The molecule has 5 nitrogen and oxygen atoms in total. The predicted molar refractivity (Wildman–Crippen MR) is 82.0 cm³/mol. The minimum absolute atomic E-state index is 0.00208. The third kappa shape index (κ3) is 3.42. The van der Waals surface area contributed by atoms with Crippen molar-refractivity contribution in [2.75, 3.05) is 26.9 Å². The molecular formula is C17H23NO4. The standard InChI is InChI=1S/C17H23NO4/c1-21-16-8-14(10-19)18(9-16)17(20)13-4-6-15(7-5-13)22-11-12-2-3-12/h4-7,12,14,16,19H,2-3,8-11H2,1H3/t14-,16+/m0/s1. The summed E-state index contributed by atoms with van der Waals surface area (Å²) in [5.74, 6) is 1.45. The lowest BCUT2D eigenvalue weighted by Gasteiger charge is -2.22. The highest BCUT2D eigenvalue weighted by atomic mass is 16.5. The van der Waals surface area contributed by atoms with Crippen LogP contribution >= 0.6 is 0 Å². The van der Waals surface area contributed by atoms with Gasteiger partial charge in [0.25, 0.3) is 5.91 Å². The maximum Gasteiger partial charge on any atom is 0.254 e. The van der Waals surface area contributed by atoms with Crippen LogP contribution in [0.25, 0.3) is 0 Å². The largest absolute Gasteiger partial charge is 0.493 e. The van der Waals surface area contributed by atoms with Crippen LogP contribution in [0.3, 0.4) is 0 Å². The number of nitrogens with zero attached hydrogens (tertiary/aromatic N) is 1. The molecule has 22 heavy (non-hydrogen) atoms. The molecule has 0 aromatic heterocycles. The van der Waals surface area contributed by atoms with Gasteiger partial charge in [-0.15, -0.1) is 0 Å². The topological polar surface area (TPSA) is 59.0 Å². The Bertz CT molecular complexity index is 512. The van der Waals surface area contributed by atoms with Crippen molar-refractivity contribution in [2.45, 2.75) is 31.4 Å². The van der Waals surface area contributed by atoms with Crippen LogP contribution in [0.5, 0.6) is 5.75 Å². The summed E-state index contributed by atoms with van der Waals surface area (Å²) in [4.78, 5) is 14.3. The summed E-state index contributed by atoms with van der Waals surface area (Å²) < 4.78 is 11.0. The second-order valence-corrected chi connectivity index (χ2v) is 6.17. The molecule has 1 aromatic carbocycles. The SMILES string of the molecule is CO[C@@H]1C[C@@H](CO)N(C(=O)c2ccc(OCC3CC3)cc2)C1. The van der Waals surface area contributed by atoms with Crippen molar-refractivity contribution in [3.05, 3.63) is 29.8 Å². The molecule has 1 aliphatic carbocycles. The molecule has 1 amide bonds. The second-order valence-electron chi connectivity index (χ2n) is 6.17. The van der Waals surface area contributed by atoms with Crippen molar-refractivity contribution in [2.24, 2.45) is 5.92 Å². The van der Waals surface area contributed by atoms with E-state index in [1.807, 2.05) is 12.1 Å². The fourth-order valence-corrected chi connectivity index (χ4v) is 2.82. The smallest absolute Gasteiger partial charge is 0.254 e. The average Bonchev–Trinajstić information content (AvgIpc) is 3.29. The fraction of sp³-hybridized carbons (Fsp3) is 0.588. The van der Waals surface area contributed by atoms with Gasteiger partial charge in [0.15, 0.2) is 0 Å². The molecular weight excluding hydrogens is 282 g/mol. The molecule has 1 N–H and O–H groups in total. The lowest BCUT2D eigenvalue weighted by molar-refractivity contribution is 0.0648. The normalized spacial score (nSPS) is 24.5. The quantitative estimate of drug-likeness (QED) is 0.869. The van der Waals surface area contributed by atoms with Crippen molar-refractivity contribution in [3.63, 3.8) is 0 Å². The summed E-state index contributed by atoms with van der Waals surface area (Å²) in [6, 6.07) is 7.10. The first kappa shape index (κ1) is 15.3. The number of methoxy groups -OCH3 is 1. The Morgan fingerprint density at radius 2 is 2.05 bits per heavy atom. The summed E-state index contributed by atoms with van der Waals surface area (Å²) in [6.07, 6.45) is 3.20. The lowest BCUT2D eigenvalue weighted by Crippen LogP contribution is -2.38. The van der Waals surface area contributed by atoms with Gasteiger partial charge in [-0.25, -0.2) is 0 Å². The molecule has 0 radical (unpaired) electrons. The highest BCUT2D eigenvalue weighted by Crippen LogP contribution is 2.29. The summed E-state index contributed by atoms with van der Waals surface area (Å²) in [5.41, 5.74) is 0.619. The molecule has 0 bridgehead atoms. The van der Waals surface area contributed by atoms with E-state index in [0.717, 1.165) is 12.4 Å². The van der Waals surface area contributed by atoms with Gasteiger partial charge in [-0.3, -0.25) is 4.79 Å². The summed E-state index contributed by atoms with van der Waals surface area (Å²) >= 11 is 0. The first-order chi connectivity index (χ1) is 10.7. The summed E-state index contributed by atoms with van der Waals surface area (Å²) in [7, 11) is 1.64. The number of amides is 1. The van der Waals surface area contributed by atoms with Crippen LogP contribution in [0.4, 0.5) is 0 Å². The molecule has 1 aromatic rings. The van der Waals surface area contributed by atoms with Crippen molar-refractivity contribution in [1.82, 2.24) is 4.90 Å². The number of carbonyl (C=O) groups excluding carboxylic acids is 1. The van der Waals surface area contributed by atoms with E-state index in [9.17, 15) is 9.90 Å². The molecule has 1 heterocycles. The first-order valence-electron chi connectivity index (χ1n) is 7.88. The van der Waals surface area contributed by atoms with Crippen LogP contribution in [0, 0.1) is 5.92 Å².